The molecule has 1 amide bonds. The molecular weight excluding hydrogens is 396 g/mol. The fraction of sp³-hybridized carbons (Fsp3) is 0.125. The first-order valence-electron chi connectivity index (χ1n) is 9.62. The normalized spacial score (nSPS) is 10.8. The summed E-state index contributed by atoms with van der Waals surface area (Å²) in [4.78, 5) is 17.1. The molecule has 4 aromatic rings. The molecule has 30 heavy (non-hydrogen) atoms. The van der Waals surface area contributed by atoms with E-state index in [1.807, 2.05) is 62.4 Å². The summed E-state index contributed by atoms with van der Waals surface area (Å²) in [6.45, 7) is 4.45. The van der Waals surface area contributed by atoms with Crippen molar-refractivity contribution in [2.45, 2.75) is 20.4 Å². The molecule has 0 aliphatic carbocycles. The van der Waals surface area contributed by atoms with Crippen molar-refractivity contribution in [3.63, 3.8) is 0 Å². The predicted molar refractivity (Wildman–Crippen MR) is 119 cm³/mol. The van der Waals surface area contributed by atoms with Crippen molar-refractivity contribution in [3.05, 3.63) is 100 Å². The van der Waals surface area contributed by atoms with Gasteiger partial charge in [-0.25, -0.2) is 4.68 Å². The highest BCUT2D eigenvalue weighted by molar-refractivity contribution is 6.33. The lowest BCUT2D eigenvalue weighted by Gasteiger charge is -2.11. The number of rotatable bonds is 5. The van der Waals surface area contributed by atoms with E-state index in [4.69, 9.17) is 16.7 Å². The van der Waals surface area contributed by atoms with Gasteiger partial charge in [-0.2, -0.15) is 5.10 Å². The summed E-state index contributed by atoms with van der Waals surface area (Å²) in [6.07, 6.45) is 3.41. The van der Waals surface area contributed by atoms with Gasteiger partial charge in [0.15, 0.2) is 0 Å². The highest BCUT2D eigenvalue weighted by Crippen LogP contribution is 2.29. The van der Waals surface area contributed by atoms with Gasteiger partial charge in [0, 0.05) is 24.5 Å². The third-order valence-electron chi connectivity index (χ3n) is 4.87. The molecule has 2 aromatic heterocycles. The number of aryl methyl sites for hydroxylation is 2. The Balaban J connectivity index is 1.75. The van der Waals surface area contributed by atoms with Crippen LogP contribution in [0.3, 0.4) is 0 Å². The van der Waals surface area contributed by atoms with Crippen LogP contribution in [0, 0.1) is 13.8 Å². The average molecular weight is 417 g/mol. The van der Waals surface area contributed by atoms with Gasteiger partial charge in [0.25, 0.3) is 5.91 Å². The van der Waals surface area contributed by atoms with Crippen molar-refractivity contribution in [1.82, 2.24) is 20.1 Å². The van der Waals surface area contributed by atoms with Crippen molar-refractivity contribution in [2.75, 3.05) is 0 Å². The molecule has 0 fully saturated rings. The van der Waals surface area contributed by atoms with Gasteiger partial charge in [-0.05, 0) is 55.3 Å². The van der Waals surface area contributed by atoms with E-state index in [0.29, 0.717) is 23.0 Å². The first-order valence-corrected chi connectivity index (χ1v) is 10.0. The van der Waals surface area contributed by atoms with Crippen LogP contribution in [0.2, 0.25) is 5.02 Å². The molecule has 2 heterocycles. The maximum absolute atomic E-state index is 13.1. The van der Waals surface area contributed by atoms with E-state index in [1.165, 1.54) is 0 Å². The number of carbonyl (C=O) groups is 1. The van der Waals surface area contributed by atoms with Crippen LogP contribution in [0.5, 0.6) is 0 Å². The van der Waals surface area contributed by atoms with Crippen LogP contribution in [0.1, 0.15) is 27.2 Å². The summed E-state index contributed by atoms with van der Waals surface area (Å²) in [7, 11) is 0. The quantitative estimate of drug-likeness (QED) is 0.490. The fourth-order valence-electron chi connectivity index (χ4n) is 3.34. The molecule has 0 saturated carbocycles. The molecule has 0 aliphatic rings. The minimum Gasteiger partial charge on any atom is -0.347 e. The number of hydrogen-bond acceptors (Lipinski definition) is 3. The number of halogens is 1. The van der Waals surface area contributed by atoms with Crippen LogP contribution in [0.4, 0.5) is 0 Å². The lowest BCUT2D eigenvalue weighted by Crippen LogP contribution is -2.25. The molecule has 1 N–H and O–H groups in total. The number of pyridine rings is 1. The van der Waals surface area contributed by atoms with E-state index in [0.717, 1.165) is 27.9 Å². The summed E-state index contributed by atoms with van der Waals surface area (Å²) in [6, 6.07) is 19.1. The second kappa shape index (κ2) is 8.51. The Bertz CT molecular complexity index is 1200. The van der Waals surface area contributed by atoms with Crippen LogP contribution < -0.4 is 5.32 Å². The zero-order valence-electron chi connectivity index (χ0n) is 16.8. The van der Waals surface area contributed by atoms with E-state index in [1.54, 1.807) is 23.1 Å². The smallest absolute Gasteiger partial charge is 0.270 e. The van der Waals surface area contributed by atoms with Crippen LogP contribution in [0.25, 0.3) is 16.9 Å². The SMILES string of the molecule is Cc1ccc(-n2nc(-c3ccccc3Cl)cc2C(=O)NCc2ccncc2)c(C)c1. The fourth-order valence-corrected chi connectivity index (χ4v) is 3.58. The van der Waals surface area contributed by atoms with Gasteiger partial charge in [0.1, 0.15) is 5.69 Å². The second-order valence-electron chi connectivity index (χ2n) is 7.13. The molecule has 5 nitrogen and oxygen atoms in total. The van der Waals surface area contributed by atoms with Gasteiger partial charge in [-0.1, -0.05) is 47.5 Å². The zero-order chi connectivity index (χ0) is 21.1. The van der Waals surface area contributed by atoms with Gasteiger partial charge in [0.05, 0.1) is 16.4 Å². The summed E-state index contributed by atoms with van der Waals surface area (Å²) in [5, 5.41) is 8.30. The maximum Gasteiger partial charge on any atom is 0.270 e. The van der Waals surface area contributed by atoms with Gasteiger partial charge < -0.3 is 5.32 Å². The number of nitrogens with zero attached hydrogens (tertiary/aromatic N) is 3. The average Bonchev–Trinajstić information content (AvgIpc) is 3.18. The summed E-state index contributed by atoms with van der Waals surface area (Å²) >= 11 is 6.38. The predicted octanol–water partition coefficient (Wildman–Crippen LogP) is 5.13. The van der Waals surface area contributed by atoms with Crippen molar-refractivity contribution in [3.8, 4) is 16.9 Å². The van der Waals surface area contributed by atoms with Crippen molar-refractivity contribution in [2.24, 2.45) is 0 Å². The Labute approximate surface area is 180 Å². The third kappa shape index (κ3) is 4.11. The van der Waals surface area contributed by atoms with Crippen LogP contribution in [-0.2, 0) is 6.54 Å². The Morgan fingerprint density at radius 3 is 2.53 bits per heavy atom. The topological polar surface area (TPSA) is 59.8 Å². The molecule has 0 spiro atoms. The molecular formula is C24H21ClN4O. The maximum atomic E-state index is 13.1. The van der Waals surface area contributed by atoms with Gasteiger partial charge in [-0.15, -0.1) is 0 Å². The standard InChI is InChI=1S/C24H21ClN4O/c1-16-7-8-22(17(2)13-16)29-23(24(30)27-15-18-9-11-26-12-10-18)14-21(28-29)19-5-3-4-6-20(19)25/h3-14H,15H2,1-2H3,(H,27,30). The van der Waals surface area contributed by atoms with Gasteiger partial charge in [-0.3, -0.25) is 9.78 Å². The summed E-state index contributed by atoms with van der Waals surface area (Å²) < 4.78 is 1.69. The summed E-state index contributed by atoms with van der Waals surface area (Å²) in [5.74, 6) is -0.211. The Morgan fingerprint density at radius 2 is 1.80 bits per heavy atom. The number of benzene rings is 2. The van der Waals surface area contributed by atoms with E-state index >= 15 is 0 Å². The lowest BCUT2D eigenvalue weighted by atomic mass is 10.1. The van der Waals surface area contributed by atoms with Gasteiger partial charge in [0.2, 0.25) is 0 Å². The minimum atomic E-state index is -0.211. The highest BCUT2D eigenvalue weighted by atomic mass is 35.5. The number of amides is 1. The van der Waals surface area contributed by atoms with Crippen molar-refractivity contribution < 1.29 is 4.79 Å². The minimum absolute atomic E-state index is 0.211. The number of nitrogens with one attached hydrogen (secondary N) is 1. The Hall–Kier alpha value is -3.44. The molecule has 0 saturated heterocycles. The van der Waals surface area contributed by atoms with Gasteiger partial charge >= 0.3 is 0 Å². The van der Waals surface area contributed by atoms with E-state index < -0.39 is 0 Å². The van der Waals surface area contributed by atoms with Crippen LogP contribution in [-0.4, -0.2) is 20.7 Å². The van der Waals surface area contributed by atoms with Crippen LogP contribution >= 0.6 is 11.6 Å². The Kier molecular flexibility index (Phi) is 5.63. The molecule has 6 heteroatoms. The molecule has 2 aromatic carbocycles. The largest absolute Gasteiger partial charge is 0.347 e. The first-order chi connectivity index (χ1) is 14.5. The molecule has 0 radical (unpaired) electrons. The second-order valence-corrected chi connectivity index (χ2v) is 7.54. The summed E-state index contributed by atoms with van der Waals surface area (Å²) in [5.41, 5.74) is 5.90. The number of hydrogen-bond donors (Lipinski definition) is 1. The van der Waals surface area contributed by atoms with E-state index in [2.05, 4.69) is 16.4 Å². The molecule has 150 valence electrons. The first kappa shape index (κ1) is 19.9. The molecule has 0 atom stereocenters. The molecule has 4 rings (SSSR count). The monoisotopic (exact) mass is 416 g/mol. The van der Waals surface area contributed by atoms with E-state index in [-0.39, 0.29) is 5.91 Å². The van der Waals surface area contributed by atoms with Crippen molar-refractivity contribution in [1.29, 1.82) is 0 Å². The molecule has 0 aliphatic heterocycles. The van der Waals surface area contributed by atoms with Crippen LogP contribution in [0.15, 0.2) is 73.1 Å². The lowest BCUT2D eigenvalue weighted by molar-refractivity contribution is 0.0943. The molecule has 0 bridgehead atoms. The van der Waals surface area contributed by atoms with Crippen molar-refractivity contribution >= 4 is 17.5 Å². The molecule has 0 unspecified atom stereocenters. The van der Waals surface area contributed by atoms with E-state index in [9.17, 15) is 4.79 Å². The highest BCUT2D eigenvalue weighted by Gasteiger charge is 2.19. The Morgan fingerprint density at radius 1 is 1.03 bits per heavy atom. The number of carbonyl (C=O) groups excluding carboxylic acids is 1. The third-order valence-corrected chi connectivity index (χ3v) is 5.20. The number of aromatic nitrogens is 3. The zero-order valence-corrected chi connectivity index (χ0v) is 17.5.